The lowest BCUT2D eigenvalue weighted by Gasteiger charge is -2.03. The van der Waals surface area contributed by atoms with Gasteiger partial charge in [-0.25, -0.2) is 0 Å². The van der Waals surface area contributed by atoms with Gasteiger partial charge in [0.05, 0.1) is 11.9 Å². The minimum absolute atomic E-state index is 0.129. The van der Waals surface area contributed by atoms with Crippen molar-refractivity contribution in [2.45, 2.75) is 6.42 Å². The number of nitrogens with zero attached hydrogens (tertiary/aromatic N) is 2. The summed E-state index contributed by atoms with van der Waals surface area (Å²) in [7, 11) is 1.55. The maximum atomic E-state index is 11.9. The summed E-state index contributed by atoms with van der Waals surface area (Å²) in [6.45, 7) is 0.262. The second-order valence-electron chi connectivity index (χ2n) is 3.77. The van der Waals surface area contributed by atoms with Gasteiger partial charge in [0.2, 0.25) is 5.91 Å². The topological polar surface area (TPSA) is 110 Å². The molecular weight excluding hydrogens is 266 g/mol. The van der Waals surface area contributed by atoms with Gasteiger partial charge in [0.15, 0.2) is 0 Å². The molecule has 0 aliphatic carbocycles. The average molecular weight is 279 g/mol. The highest BCUT2D eigenvalue weighted by Gasteiger charge is 2.16. The van der Waals surface area contributed by atoms with Crippen molar-refractivity contribution >= 4 is 39.1 Å². The smallest absolute Gasteiger partial charge is 0.263 e. The normalized spacial score (nSPS) is 10.4. The third-order valence-corrected chi connectivity index (χ3v) is 3.65. The van der Waals surface area contributed by atoms with Crippen LogP contribution in [0, 0.1) is 0 Å². The van der Waals surface area contributed by atoms with Crippen molar-refractivity contribution in [2.75, 3.05) is 19.3 Å². The lowest BCUT2D eigenvalue weighted by atomic mass is 10.3. The van der Waals surface area contributed by atoms with Crippen LogP contribution in [0.3, 0.4) is 0 Å². The van der Waals surface area contributed by atoms with Gasteiger partial charge in [-0.15, -0.1) is 16.4 Å². The summed E-state index contributed by atoms with van der Waals surface area (Å²) in [5.41, 5.74) is 6.30. The molecule has 0 saturated heterocycles. The SMILES string of the molecule is CNC(=O)CCNC(=O)c1sc2nnccc2c1N. The number of rotatable bonds is 4. The molecule has 0 unspecified atom stereocenters. The Balaban J connectivity index is 2.09. The van der Waals surface area contributed by atoms with E-state index in [4.69, 9.17) is 5.73 Å². The Hall–Kier alpha value is -2.22. The fourth-order valence-corrected chi connectivity index (χ4v) is 2.49. The second-order valence-corrected chi connectivity index (χ2v) is 4.77. The van der Waals surface area contributed by atoms with E-state index in [-0.39, 0.29) is 24.8 Å². The molecule has 2 amide bonds. The maximum Gasteiger partial charge on any atom is 0.263 e. The molecule has 19 heavy (non-hydrogen) atoms. The average Bonchev–Trinajstić information content (AvgIpc) is 2.76. The first-order chi connectivity index (χ1) is 9.13. The molecule has 0 radical (unpaired) electrons. The third kappa shape index (κ3) is 2.79. The van der Waals surface area contributed by atoms with Crippen LogP contribution in [0.1, 0.15) is 16.1 Å². The molecule has 2 aromatic rings. The van der Waals surface area contributed by atoms with Gasteiger partial charge in [0, 0.05) is 25.4 Å². The van der Waals surface area contributed by atoms with Crippen LogP contribution in [-0.4, -0.2) is 35.6 Å². The number of nitrogens with one attached hydrogen (secondary N) is 2. The van der Waals surface area contributed by atoms with Crippen LogP contribution in [0.4, 0.5) is 5.69 Å². The fraction of sp³-hybridized carbons (Fsp3) is 0.273. The molecule has 2 rings (SSSR count). The molecule has 0 atom stereocenters. The van der Waals surface area contributed by atoms with E-state index in [0.29, 0.717) is 15.4 Å². The fourth-order valence-electron chi connectivity index (χ4n) is 1.54. The van der Waals surface area contributed by atoms with Crippen molar-refractivity contribution < 1.29 is 9.59 Å². The quantitative estimate of drug-likeness (QED) is 0.737. The van der Waals surface area contributed by atoms with E-state index in [1.807, 2.05) is 0 Å². The van der Waals surface area contributed by atoms with Gasteiger partial charge in [-0.2, -0.15) is 5.10 Å². The molecule has 2 heterocycles. The zero-order valence-corrected chi connectivity index (χ0v) is 11.1. The standard InChI is InChI=1S/C11H13N5O2S/c1-13-7(17)3-4-14-10(18)9-8(12)6-2-5-15-16-11(6)19-9/h2,5H,3-4,12H2,1H3,(H,13,17)(H,14,18). The van der Waals surface area contributed by atoms with E-state index in [1.54, 1.807) is 13.1 Å². The first kappa shape index (κ1) is 13.2. The van der Waals surface area contributed by atoms with Crippen molar-refractivity contribution in [3.63, 3.8) is 0 Å². The van der Waals surface area contributed by atoms with Crippen molar-refractivity contribution in [2.24, 2.45) is 0 Å². The molecular formula is C11H13N5O2S. The van der Waals surface area contributed by atoms with E-state index in [2.05, 4.69) is 20.8 Å². The minimum Gasteiger partial charge on any atom is -0.397 e. The molecule has 7 nitrogen and oxygen atoms in total. The number of amides is 2. The Morgan fingerprint density at radius 3 is 2.95 bits per heavy atom. The number of fused-ring (bicyclic) bond motifs is 1. The number of carbonyl (C=O) groups excluding carboxylic acids is 2. The number of hydrogen-bond acceptors (Lipinski definition) is 6. The number of aromatic nitrogens is 2. The van der Waals surface area contributed by atoms with Crippen LogP contribution in [-0.2, 0) is 4.79 Å². The van der Waals surface area contributed by atoms with Crippen LogP contribution >= 0.6 is 11.3 Å². The Morgan fingerprint density at radius 1 is 1.47 bits per heavy atom. The Kier molecular flexibility index (Phi) is 3.91. The molecule has 0 aliphatic rings. The molecule has 0 bridgehead atoms. The van der Waals surface area contributed by atoms with E-state index in [1.165, 1.54) is 17.5 Å². The Morgan fingerprint density at radius 2 is 2.26 bits per heavy atom. The summed E-state index contributed by atoms with van der Waals surface area (Å²) in [6.07, 6.45) is 1.76. The largest absolute Gasteiger partial charge is 0.397 e. The molecule has 0 spiro atoms. The molecule has 100 valence electrons. The first-order valence-corrected chi connectivity index (χ1v) is 6.43. The number of carbonyl (C=O) groups is 2. The van der Waals surface area contributed by atoms with Gasteiger partial charge in [-0.1, -0.05) is 0 Å². The predicted octanol–water partition coefficient (Wildman–Crippen LogP) is 0.139. The van der Waals surface area contributed by atoms with Crippen LogP contribution < -0.4 is 16.4 Å². The van der Waals surface area contributed by atoms with Crippen LogP contribution in [0.2, 0.25) is 0 Å². The van der Waals surface area contributed by atoms with E-state index in [9.17, 15) is 9.59 Å². The highest BCUT2D eigenvalue weighted by Crippen LogP contribution is 2.31. The van der Waals surface area contributed by atoms with Crippen LogP contribution in [0.15, 0.2) is 12.3 Å². The summed E-state index contributed by atoms with van der Waals surface area (Å²) in [6, 6.07) is 1.72. The lowest BCUT2D eigenvalue weighted by Crippen LogP contribution is -2.29. The van der Waals surface area contributed by atoms with Gasteiger partial charge in [0.1, 0.15) is 9.71 Å². The van der Waals surface area contributed by atoms with Gasteiger partial charge in [0.25, 0.3) is 5.91 Å². The predicted molar refractivity (Wildman–Crippen MR) is 72.8 cm³/mol. The van der Waals surface area contributed by atoms with Gasteiger partial charge >= 0.3 is 0 Å². The molecule has 0 aromatic carbocycles. The first-order valence-electron chi connectivity index (χ1n) is 5.62. The van der Waals surface area contributed by atoms with Crippen LogP contribution in [0.25, 0.3) is 10.2 Å². The third-order valence-electron chi connectivity index (χ3n) is 2.54. The van der Waals surface area contributed by atoms with Crippen LogP contribution in [0.5, 0.6) is 0 Å². The zero-order chi connectivity index (χ0) is 13.8. The summed E-state index contributed by atoms with van der Waals surface area (Å²) in [5.74, 6) is -0.431. The van der Waals surface area contributed by atoms with Crippen molar-refractivity contribution in [1.29, 1.82) is 0 Å². The molecule has 0 aliphatic heterocycles. The number of thiophene rings is 1. The Labute approximate surface area is 113 Å². The molecule has 8 heteroatoms. The molecule has 4 N–H and O–H groups in total. The van der Waals surface area contributed by atoms with Gasteiger partial charge < -0.3 is 16.4 Å². The van der Waals surface area contributed by atoms with Gasteiger partial charge in [-0.3, -0.25) is 9.59 Å². The van der Waals surface area contributed by atoms with Crippen molar-refractivity contribution in [3.8, 4) is 0 Å². The number of nitrogen functional groups attached to an aromatic ring is 1. The Bertz CT molecular complexity index is 625. The van der Waals surface area contributed by atoms with E-state index in [0.717, 1.165) is 5.39 Å². The lowest BCUT2D eigenvalue weighted by molar-refractivity contribution is -0.120. The summed E-state index contributed by atoms with van der Waals surface area (Å²) >= 11 is 1.19. The molecule has 0 fully saturated rings. The van der Waals surface area contributed by atoms with Crippen molar-refractivity contribution in [1.82, 2.24) is 20.8 Å². The molecule has 2 aromatic heterocycles. The highest BCUT2D eigenvalue weighted by molar-refractivity contribution is 7.21. The number of anilines is 1. The highest BCUT2D eigenvalue weighted by atomic mass is 32.1. The van der Waals surface area contributed by atoms with E-state index < -0.39 is 0 Å². The minimum atomic E-state index is -0.301. The maximum absolute atomic E-state index is 11.9. The molecule has 0 saturated carbocycles. The summed E-state index contributed by atoms with van der Waals surface area (Å²) in [4.78, 5) is 24.0. The summed E-state index contributed by atoms with van der Waals surface area (Å²) in [5, 5.41) is 13.5. The van der Waals surface area contributed by atoms with E-state index >= 15 is 0 Å². The summed E-state index contributed by atoms with van der Waals surface area (Å²) < 4.78 is 0. The van der Waals surface area contributed by atoms with Crippen molar-refractivity contribution in [3.05, 3.63) is 17.1 Å². The second kappa shape index (κ2) is 5.61. The number of hydrogen-bond donors (Lipinski definition) is 3. The monoisotopic (exact) mass is 279 g/mol. The van der Waals surface area contributed by atoms with Gasteiger partial charge in [-0.05, 0) is 6.07 Å². The zero-order valence-electron chi connectivity index (χ0n) is 10.3. The number of nitrogens with two attached hydrogens (primary N) is 1.